The first-order valence-electron chi connectivity index (χ1n) is 20.4. The van der Waals surface area contributed by atoms with Crippen molar-refractivity contribution in [2.75, 3.05) is 27.4 Å². The Morgan fingerprint density at radius 1 is 0.500 bits per heavy atom. The van der Waals surface area contributed by atoms with E-state index in [1.807, 2.05) is 0 Å². The molecule has 9 heteroatoms. The Morgan fingerprint density at radius 3 is 1.26 bits per heavy atom. The molecule has 0 spiro atoms. The Kier molecular flexibility index (Phi) is 36.2. The number of ether oxygens (including phenoxy) is 2. The van der Waals surface area contributed by atoms with E-state index in [-0.39, 0.29) is 25.6 Å². The number of hydrogen-bond acceptors (Lipinski definition) is 8. The number of phosphoric acid groups is 1. The molecule has 0 N–H and O–H groups in total. The van der Waals surface area contributed by atoms with E-state index in [2.05, 4.69) is 38.2 Å². The number of rotatable bonds is 38. The molecule has 0 radical (unpaired) electrons. The number of hydrogen-bond donors (Lipinski definition) is 0. The van der Waals surface area contributed by atoms with Crippen LogP contribution >= 0.6 is 7.82 Å². The lowest BCUT2D eigenvalue weighted by Crippen LogP contribution is -2.29. The predicted molar refractivity (Wildman–Crippen MR) is 207 cm³/mol. The van der Waals surface area contributed by atoms with Gasteiger partial charge >= 0.3 is 19.8 Å². The molecule has 0 aromatic carbocycles. The quantitative estimate of drug-likeness (QED) is 0.0268. The molecule has 294 valence electrons. The molecular formula is C41H77O8P. The third-order valence-corrected chi connectivity index (χ3v) is 10.2. The Labute approximate surface area is 307 Å². The molecule has 0 unspecified atom stereocenters. The van der Waals surface area contributed by atoms with Crippen molar-refractivity contribution < 1.29 is 37.2 Å². The van der Waals surface area contributed by atoms with Gasteiger partial charge in [0.05, 0.1) is 6.61 Å². The average molecular weight is 729 g/mol. The van der Waals surface area contributed by atoms with E-state index in [0.29, 0.717) is 6.42 Å². The van der Waals surface area contributed by atoms with Crippen LogP contribution in [0.15, 0.2) is 24.3 Å². The molecule has 0 amide bonds. The van der Waals surface area contributed by atoms with Crippen molar-refractivity contribution in [1.29, 1.82) is 0 Å². The summed E-state index contributed by atoms with van der Waals surface area (Å²) in [6.45, 7) is 4.07. The third kappa shape index (κ3) is 33.7. The summed E-state index contributed by atoms with van der Waals surface area (Å²) in [6.07, 6.45) is 39.8. The van der Waals surface area contributed by atoms with Gasteiger partial charge in [-0.2, -0.15) is 0 Å². The van der Waals surface area contributed by atoms with Gasteiger partial charge in [0.1, 0.15) is 6.61 Å². The third-order valence-electron chi connectivity index (χ3n) is 8.88. The van der Waals surface area contributed by atoms with E-state index in [1.54, 1.807) is 0 Å². The maximum Gasteiger partial charge on any atom is 0.474 e. The molecule has 8 nitrogen and oxygen atoms in total. The summed E-state index contributed by atoms with van der Waals surface area (Å²) in [5.74, 6) is -0.739. The van der Waals surface area contributed by atoms with Crippen LogP contribution < -0.4 is 0 Å². The topological polar surface area (TPSA) is 97.4 Å². The van der Waals surface area contributed by atoms with Crippen LogP contribution in [0, 0.1) is 0 Å². The molecule has 0 aromatic heterocycles. The molecule has 0 aromatic rings. The zero-order chi connectivity index (χ0) is 36.8. The molecule has 0 aliphatic rings. The number of allylic oxidation sites excluding steroid dienone is 4. The van der Waals surface area contributed by atoms with Crippen molar-refractivity contribution in [1.82, 2.24) is 0 Å². The van der Waals surface area contributed by atoms with Crippen molar-refractivity contribution in [3.05, 3.63) is 24.3 Å². The van der Waals surface area contributed by atoms with Crippen LogP contribution in [0.25, 0.3) is 0 Å². The Morgan fingerprint density at radius 2 is 0.860 bits per heavy atom. The minimum absolute atomic E-state index is 0.171. The maximum atomic E-state index is 12.6. The second kappa shape index (κ2) is 37.3. The fourth-order valence-electron chi connectivity index (χ4n) is 5.65. The van der Waals surface area contributed by atoms with Gasteiger partial charge in [-0.3, -0.25) is 23.2 Å². The van der Waals surface area contributed by atoms with Crippen LogP contribution in [0.5, 0.6) is 0 Å². The first-order valence-corrected chi connectivity index (χ1v) is 21.9. The van der Waals surface area contributed by atoms with Crippen LogP contribution in [-0.4, -0.2) is 45.5 Å². The van der Waals surface area contributed by atoms with Crippen molar-refractivity contribution in [2.45, 2.75) is 200 Å². The molecule has 0 fully saturated rings. The van der Waals surface area contributed by atoms with Crippen LogP contribution in [0.2, 0.25) is 0 Å². The molecule has 0 saturated heterocycles. The molecular weight excluding hydrogens is 651 g/mol. The zero-order valence-corrected chi connectivity index (χ0v) is 33.7. The van der Waals surface area contributed by atoms with Gasteiger partial charge < -0.3 is 9.47 Å². The van der Waals surface area contributed by atoms with Crippen LogP contribution in [0.4, 0.5) is 0 Å². The second-order valence-electron chi connectivity index (χ2n) is 13.6. The van der Waals surface area contributed by atoms with Gasteiger partial charge in [0.25, 0.3) is 0 Å². The monoisotopic (exact) mass is 729 g/mol. The largest absolute Gasteiger partial charge is 0.474 e. The summed E-state index contributed by atoms with van der Waals surface area (Å²) in [6, 6.07) is 0. The highest BCUT2D eigenvalue weighted by Crippen LogP contribution is 2.47. The fraction of sp³-hybridized carbons (Fsp3) is 0.854. The zero-order valence-electron chi connectivity index (χ0n) is 32.8. The molecule has 0 heterocycles. The summed E-state index contributed by atoms with van der Waals surface area (Å²) in [5.41, 5.74) is 0. The summed E-state index contributed by atoms with van der Waals surface area (Å²) in [7, 11) is -1.34. The van der Waals surface area contributed by atoms with Crippen LogP contribution in [0.1, 0.15) is 194 Å². The van der Waals surface area contributed by atoms with E-state index in [4.69, 9.17) is 23.0 Å². The number of esters is 2. The van der Waals surface area contributed by atoms with E-state index < -0.39 is 19.9 Å². The van der Waals surface area contributed by atoms with Gasteiger partial charge in [-0.05, 0) is 64.2 Å². The van der Waals surface area contributed by atoms with Crippen molar-refractivity contribution >= 4 is 19.8 Å². The summed E-state index contributed by atoms with van der Waals surface area (Å²) in [5, 5.41) is 0. The normalized spacial score (nSPS) is 12.6. The standard InChI is InChI=1S/C41H77O8P/c1-5-7-9-11-13-15-17-19-21-23-25-27-29-31-33-35-40(42)47-37-39(38-48-50(44,45-3)46-4)49-41(43)36-34-32-30-28-26-24-22-20-18-16-14-12-10-8-6-2/h19-22,39H,5-18,23-38H2,1-4H3/b21-19+,22-20+/t39-/m1/s1. The smallest absolute Gasteiger partial charge is 0.462 e. The van der Waals surface area contributed by atoms with E-state index in [0.717, 1.165) is 70.6 Å². The summed E-state index contributed by atoms with van der Waals surface area (Å²) < 4.78 is 38.2. The highest BCUT2D eigenvalue weighted by Gasteiger charge is 2.27. The van der Waals surface area contributed by atoms with Crippen molar-refractivity contribution in [3.63, 3.8) is 0 Å². The van der Waals surface area contributed by atoms with Gasteiger partial charge in [0.15, 0.2) is 6.10 Å². The number of unbranched alkanes of at least 4 members (excludes halogenated alkanes) is 22. The molecule has 0 saturated carbocycles. The summed E-state index contributed by atoms with van der Waals surface area (Å²) >= 11 is 0. The number of phosphoric ester groups is 1. The highest BCUT2D eigenvalue weighted by atomic mass is 31.2. The van der Waals surface area contributed by atoms with Gasteiger partial charge in [-0.15, -0.1) is 0 Å². The first-order chi connectivity index (χ1) is 24.4. The van der Waals surface area contributed by atoms with E-state index in [9.17, 15) is 14.2 Å². The van der Waals surface area contributed by atoms with Gasteiger partial charge in [0, 0.05) is 27.1 Å². The van der Waals surface area contributed by atoms with Crippen molar-refractivity contribution in [2.24, 2.45) is 0 Å². The number of carbonyl (C=O) groups is 2. The van der Waals surface area contributed by atoms with E-state index in [1.165, 1.54) is 111 Å². The molecule has 1 atom stereocenters. The lowest BCUT2D eigenvalue weighted by atomic mass is 10.1. The SMILES string of the molecule is CCCCCCCC/C=C/CCCCCCCC(=O)OC[C@H](COP(=O)(OC)OC)OC(=O)CCCCCCC/C=C/CCCCCCCC. The minimum atomic E-state index is -3.77. The average Bonchev–Trinajstić information content (AvgIpc) is 3.12. The van der Waals surface area contributed by atoms with Crippen molar-refractivity contribution in [3.8, 4) is 0 Å². The Balaban J connectivity index is 4.14. The predicted octanol–water partition coefficient (Wildman–Crippen LogP) is 12.9. The molecule has 0 rings (SSSR count). The van der Waals surface area contributed by atoms with Gasteiger partial charge in [-0.1, -0.05) is 141 Å². The Bertz CT molecular complexity index is 867. The molecule has 50 heavy (non-hydrogen) atoms. The fourth-order valence-corrected chi connectivity index (χ4v) is 6.36. The van der Waals surface area contributed by atoms with Gasteiger partial charge in [0.2, 0.25) is 0 Å². The molecule has 0 bridgehead atoms. The summed E-state index contributed by atoms with van der Waals surface area (Å²) in [4.78, 5) is 24.9. The minimum Gasteiger partial charge on any atom is -0.462 e. The van der Waals surface area contributed by atoms with E-state index >= 15 is 0 Å². The van der Waals surface area contributed by atoms with Crippen LogP contribution in [-0.2, 0) is 37.2 Å². The van der Waals surface area contributed by atoms with Crippen LogP contribution in [0.3, 0.4) is 0 Å². The van der Waals surface area contributed by atoms with Gasteiger partial charge in [-0.25, -0.2) is 4.57 Å². The second-order valence-corrected chi connectivity index (χ2v) is 15.5. The highest BCUT2D eigenvalue weighted by molar-refractivity contribution is 7.48. The number of carbonyl (C=O) groups excluding carboxylic acids is 2. The maximum absolute atomic E-state index is 12.6. The first kappa shape index (κ1) is 48.5. The lowest BCUT2D eigenvalue weighted by molar-refractivity contribution is -0.161. The molecule has 0 aliphatic carbocycles. The molecule has 0 aliphatic heterocycles. The Hall–Kier alpha value is -1.47. The lowest BCUT2D eigenvalue weighted by Gasteiger charge is -2.20.